The molecule has 0 bridgehead atoms. The van der Waals surface area contributed by atoms with Gasteiger partial charge in [-0.2, -0.15) is 0 Å². The summed E-state index contributed by atoms with van der Waals surface area (Å²) in [5, 5.41) is 2.93. The highest BCUT2D eigenvalue weighted by atomic mass is 79.9. The number of nitrogens with one attached hydrogen (secondary N) is 1. The highest BCUT2D eigenvalue weighted by molar-refractivity contribution is 9.10. The minimum atomic E-state index is -0.661. The van der Waals surface area contributed by atoms with Crippen LogP contribution in [-0.4, -0.2) is 35.9 Å². The Balaban J connectivity index is 2.22. The van der Waals surface area contributed by atoms with Gasteiger partial charge in [-0.3, -0.25) is 9.59 Å². The van der Waals surface area contributed by atoms with Crippen molar-refractivity contribution in [2.45, 2.75) is 66.0 Å². The molecule has 0 aliphatic rings. The minimum Gasteiger partial charge on any atom is -0.483 e. The van der Waals surface area contributed by atoms with Crippen LogP contribution in [0.3, 0.4) is 0 Å². The predicted octanol–water partition coefficient (Wildman–Crippen LogP) is 5.84. The molecule has 0 aliphatic carbocycles. The van der Waals surface area contributed by atoms with E-state index in [0.717, 1.165) is 15.6 Å². The van der Waals surface area contributed by atoms with Gasteiger partial charge in [0.2, 0.25) is 5.91 Å². The molecule has 7 heteroatoms. The Morgan fingerprint density at radius 2 is 1.76 bits per heavy atom. The van der Waals surface area contributed by atoms with E-state index in [1.165, 1.54) is 17.0 Å². The summed E-state index contributed by atoms with van der Waals surface area (Å²) < 4.78 is 20.0. The van der Waals surface area contributed by atoms with Gasteiger partial charge < -0.3 is 15.0 Å². The van der Waals surface area contributed by atoms with E-state index in [9.17, 15) is 14.0 Å². The SMILES string of the molecule is CC[C@@H](C(=O)NCC(C)C)N(Cc1ccc(F)cc1)C(=O)COc1ccc(C(C)(C)C)cc1Br. The standard InChI is InChI=1S/C27H36BrFN2O3/c1-7-23(26(33)30-15-18(2)3)31(16-19-8-11-21(29)12-9-19)25(32)17-34-24-13-10-20(14-22(24)28)27(4,5)6/h8-14,18,23H,7,15-17H2,1-6H3,(H,30,33)/t23-/m0/s1. The van der Waals surface area contributed by atoms with Gasteiger partial charge >= 0.3 is 0 Å². The highest BCUT2D eigenvalue weighted by Gasteiger charge is 2.29. The molecule has 2 aromatic rings. The van der Waals surface area contributed by atoms with Crippen molar-refractivity contribution < 1.29 is 18.7 Å². The molecule has 0 fully saturated rings. The maximum absolute atomic E-state index is 13.4. The lowest BCUT2D eigenvalue weighted by molar-refractivity contribution is -0.143. The van der Waals surface area contributed by atoms with Crippen molar-refractivity contribution in [2.75, 3.05) is 13.2 Å². The van der Waals surface area contributed by atoms with Crippen molar-refractivity contribution in [3.05, 3.63) is 63.9 Å². The van der Waals surface area contributed by atoms with Crippen LogP contribution in [0.15, 0.2) is 46.9 Å². The molecule has 1 atom stereocenters. The maximum atomic E-state index is 13.4. The summed E-state index contributed by atoms with van der Waals surface area (Å²) in [5.41, 5.74) is 1.87. The van der Waals surface area contributed by atoms with Gasteiger partial charge in [-0.1, -0.05) is 59.7 Å². The highest BCUT2D eigenvalue weighted by Crippen LogP contribution is 2.31. The zero-order chi connectivity index (χ0) is 25.5. The molecular formula is C27H36BrFN2O3. The lowest BCUT2D eigenvalue weighted by Gasteiger charge is -2.31. The van der Waals surface area contributed by atoms with Crippen molar-refractivity contribution in [3.63, 3.8) is 0 Å². The van der Waals surface area contributed by atoms with E-state index in [1.54, 1.807) is 12.1 Å². The second-order valence-electron chi connectivity index (χ2n) is 9.90. The predicted molar refractivity (Wildman–Crippen MR) is 137 cm³/mol. The van der Waals surface area contributed by atoms with Crippen LogP contribution >= 0.6 is 15.9 Å². The summed E-state index contributed by atoms with van der Waals surface area (Å²) >= 11 is 3.54. The van der Waals surface area contributed by atoms with Crippen LogP contribution < -0.4 is 10.1 Å². The number of hydrogen-bond acceptors (Lipinski definition) is 3. The molecule has 0 aromatic heterocycles. The molecule has 2 rings (SSSR count). The average molecular weight is 535 g/mol. The van der Waals surface area contributed by atoms with Crippen LogP contribution in [0.1, 0.15) is 59.1 Å². The van der Waals surface area contributed by atoms with Crippen molar-refractivity contribution in [2.24, 2.45) is 5.92 Å². The number of ether oxygens (including phenoxy) is 1. The van der Waals surface area contributed by atoms with Gasteiger partial charge in [-0.25, -0.2) is 4.39 Å². The Morgan fingerprint density at radius 3 is 2.29 bits per heavy atom. The van der Waals surface area contributed by atoms with E-state index in [4.69, 9.17) is 4.74 Å². The summed E-state index contributed by atoms with van der Waals surface area (Å²) in [6.45, 7) is 12.8. The first-order valence-corrected chi connectivity index (χ1v) is 12.5. The number of nitrogens with zero attached hydrogens (tertiary/aromatic N) is 1. The molecule has 0 spiro atoms. The Bertz CT molecular complexity index is 971. The molecule has 34 heavy (non-hydrogen) atoms. The van der Waals surface area contributed by atoms with Crippen LogP contribution in [0, 0.1) is 11.7 Å². The smallest absolute Gasteiger partial charge is 0.261 e. The first-order chi connectivity index (χ1) is 15.9. The molecule has 2 amide bonds. The van der Waals surface area contributed by atoms with E-state index in [1.807, 2.05) is 39.0 Å². The topological polar surface area (TPSA) is 58.6 Å². The molecule has 0 unspecified atom stereocenters. The van der Waals surface area contributed by atoms with Crippen LogP contribution in [0.2, 0.25) is 0 Å². The molecule has 5 nitrogen and oxygen atoms in total. The number of halogens is 2. The number of carbonyl (C=O) groups excluding carboxylic acids is 2. The molecule has 0 heterocycles. The number of benzene rings is 2. The van der Waals surface area contributed by atoms with Gasteiger partial charge in [0.25, 0.3) is 5.91 Å². The summed E-state index contributed by atoms with van der Waals surface area (Å²) in [4.78, 5) is 27.7. The van der Waals surface area contributed by atoms with Crippen molar-refractivity contribution in [1.29, 1.82) is 0 Å². The molecule has 2 aromatic carbocycles. The van der Waals surface area contributed by atoms with E-state index in [2.05, 4.69) is 42.0 Å². The zero-order valence-electron chi connectivity index (χ0n) is 21.0. The van der Waals surface area contributed by atoms with Gasteiger partial charge in [0, 0.05) is 13.1 Å². The van der Waals surface area contributed by atoms with Gasteiger partial charge in [0.15, 0.2) is 6.61 Å². The number of rotatable bonds is 10. The fraction of sp³-hybridized carbons (Fsp3) is 0.481. The minimum absolute atomic E-state index is 0.0134. The van der Waals surface area contributed by atoms with Crippen LogP contribution in [0.5, 0.6) is 5.75 Å². The Hall–Kier alpha value is -2.41. The molecule has 1 N–H and O–H groups in total. The van der Waals surface area contributed by atoms with Crippen LogP contribution in [0.25, 0.3) is 0 Å². The van der Waals surface area contributed by atoms with E-state index < -0.39 is 6.04 Å². The average Bonchev–Trinajstić information content (AvgIpc) is 2.77. The molecule has 0 saturated heterocycles. The Kier molecular flexibility index (Phi) is 10.1. The maximum Gasteiger partial charge on any atom is 0.261 e. The first-order valence-electron chi connectivity index (χ1n) is 11.7. The second-order valence-corrected chi connectivity index (χ2v) is 10.7. The summed E-state index contributed by atoms with van der Waals surface area (Å²) in [7, 11) is 0. The van der Waals surface area contributed by atoms with E-state index in [-0.39, 0.29) is 36.2 Å². The third kappa shape index (κ3) is 8.12. The van der Waals surface area contributed by atoms with E-state index >= 15 is 0 Å². The van der Waals surface area contributed by atoms with E-state index in [0.29, 0.717) is 24.6 Å². The van der Waals surface area contributed by atoms with Gasteiger partial charge in [0.05, 0.1) is 4.47 Å². The van der Waals surface area contributed by atoms with Gasteiger partial charge in [-0.05, 0) is 69.1 Å². The number of carbonyl (C=O) groups is 2. The first kappa shape index (κ1) is 27.8. The number of hydrogen-bond donors (Lipinski definition) is 1. The fourth-order valence-electron chi connectivity index (χ4n) is 3.44. The molecule has 0 radical (unpaired) electrons. The van der Waals surface area contributed by atoms with Crippen molar-refractivity contribution >= 4 is 27.7 Å². The number of amides is 2. The molecule has 0 aliphatic heterocycles. The fourth-order valence-corrected chi connectivity index (χ4v) is 3.93. The Labute approximate surface area is 211 Å². The quantitative estimate of drug-likeness (QED) is 0.416. The lowest BCUT2D eigenvalue weighted by atomic mass is 9.87. The largest absolute Gasteiger partial charge is 0.483 e. The van der Waals surface area contributed by atoms with Crippen LogP contribution in [-0.2, 0) is 21.5 Å². The normalized spacial score (nSPS) is 12.4. The summed E-state index contributed by atoms with van der Waals surface area (Å²) in [6.07, 6.45) is 0.445. The van der Waals surface area contributed by atoms with Crippen molar-refractivity contribution in [1.82, 2.24) is 10.2 Å². The Morgan fingerprint density at radius 1 is 1.12 bits per heavy atom. The third-order valence-electron chi connectivity index (χ3n) is 5.49. The van der Waals surface area contributed by atoms with Crippen LogP contribution in [0.4, 0.5) is 4.39 Å². The van der Waals surface area contributed by atoms with Gasteiger partial charge in [-0.15, -0.1) is 0 Å². The molecule has 0 saturated carbocycles. The monoisotopic (exact) mass is 534 g/mol. The zero-order valence-corrected chi connectivity index (χ0v) is 22.5. The molecule has 186 valence electrons. The second kappa shape index (κ2) is 12.3. The lowest BCUT2D eigenvalue weighted by Crippen LogP contribution is -2.50. The summed E-state index contributed by atoms with van der Waals surface area (Å²) in [6, 6.07) is 11.1. The molecular weight excluding hydrogens is 499 g/mol. The summed E-state index contributed by atoms with van der Waals surface area (Å²) in [5.74, 6) is -0.0277. The van der Waals surface area contributed by atoms with Crippen molar-refractivity contribution in [3.8, 4) is 5.75 Å². The third-order valence-corrected chi connectivity index (χ3v) is 6.11. The van der Waals surface area contributed by atoms with Gasteiger partial charge in [0.1, 0.15) is 17.6 Å².